The van der Waals surface area contributed by atoms with Crippen molar-refractivity contribution < 1.29 is 0 Å². The standard InChI is InChI=1S/C11H18N4/c1-9(2)7-14-10(13)15-8-11(3-4-11)5-6-12/h1,3-5,7-8H2,2H3,(H3,13,14,15). The van der Waals surface area contributed by atoms with E-state index in [0.717, 1.165) is 18.4 Å². The highest BCUT2D eigenvalue weighted by atomic mass is 15.1. The first-order valence-corrected chi connectivity index (χ1v) is 5.13. The summed E-state index contributed by atoms with van der Waals surface area (Å²) in [5, 5.41) is 11.6. The van der Waals surface area contributed by atoms with Gasteiger partial charge in [-0.3, -0.25) is 4.99 Å². The summed E-state index contributed by atoms with van der Waals surface area (Å²) in [6.07, 6.45) is 2.78. The average Bonchev–Trinajstić information content (AvgIpc) is 2.93. The molecule has 0 saturated heterocycles. The molecule has 0 spiro atoms. The summed E-state index contributed by atoms with van der Waals surface area (Å²) in [6.45, 7) is 7.01. The van der Waals surface area contributed by atoms with Crippen molar-refractivity contribution in [3.8, 4) is 6.07 Å². The summed E-state index contributed by atoms with van der Waals surface area (Å²) in [5.74, 6) is 0.446. The maximum absolute atomic E-state index is 8.63. The first-order chi connectivity index (χ1) is 7.08. The topological polar surface area (TPSA) is 74.2 Å². The molecule has 1 saturated carbocycles. The molecule has 0 unspecified atom stereocenters. The third kappa shape index (κ3) is 4.03. The zero-order valence-corrected chi connectivity index (χ0v) is 9.21. The highest BCUT2D eigenvalue weighted by molar-refractivity contribution is 5.78. The molecule has 0 atom stereocenters. The Morgan fingerprint density at radius 3 is 2.80 bits per heavy atom. The van der Waals surface area contributed by atoms with Crippen molar-refractivity contribution in [3.63, 3.8) is 0 Å². The maximum Gasteiger partial charge on any atom is 0.188 e. The van der Waals surface area contributed by atoms with Crippen molar-refractivity contribution in [2.45, 2.75) is 26.2 Å². The molecule has 0 amide bonds. The van der Waals surface area contributed by atoms with Gasteiger partial charge in [-0.15, -0.1) is 0 Å². The van der Waals surface area contributed by atoms with E-state index in [2.05, 4.69) is 23.0 Å². The zero-order valence-electron chi connectivity index (χ0n) is 9.21. The molecule has 3 N–H and O–H groups in total. The van der Waals surface area contributed by atoms with Crippen LogP contribution in [0.4, 0.5) is 0 Å². The van der Waals surface area contributed by atoms with Crippen LogP contribution in [0.1, 0.15) is 26.2 Å². The molecule has 82 valence electrons. The summed E-state index contributed by atoms with van der Waals surface area (Å²) >= 11 is 0. The van der Waals surface area contributed by atoms with Gasteiger partial charge in [0, 0.05) is 24.9 Å². The summed E-state index contributed by atoms with van der Waals surface area (Å²) in [6, 6.07) is 2.20. The SMILES string of the molecule is C=C(C)CNC(N)=NCC1(CC#N)CC1. The minimum atomic E-state index is 0.129. The lowest BCUT2D eigenvalue weighted by molar-refractivity contribution is 0.538. The van der Waals surface area contributed by atoms with Crippen molar-refractivity contribution >= 4 is 5.96 Å². The van der Waals surface area contributed by atoms with E-state index in [0.29, 0.717) is 25.5 Å². The molecule has 1 aliphatic carbocycles. The Morgan fingerprint density at radius 2 is 2.33 bits per heavy atom. The van der Waals surface area contributed by atoms with Crippen LogP contribution in [0.25, 0.3) is 0 Å². The molecule has 0 aromatic heterocycles. The fourth-order valence-electron chi connectivity index (χ4n) is 1.29. The minimum absolute atomic E-state index is 0.129. The van der Waals surface area contributed by atoms with Gasteiger partial charge in [0.2, 0.25) is 0 Å². The molecule has 0 aliphatic heterocycles. The van der Waals surface area contributed by atoms with Gasteiger partial charge in [-0.2, -0.15) is 5.26 Å². The maximum atomic E-state index is 8.63. The fraction of sp³-hybridized carbons (Fsp3) is 0.636. The molecular weight excluding hydrogens is 188 g/mol. The van der Waals surface area contributed by atoms with E-state index in [4.69, 9.17) is 11.0 Å². The van der Waals surface area contributed by atoms with Gasteiger partial charge in [0.1, 0.15) is 0 Å². The molecule has 4 nitrogen and oxygen atoms in total. The predicted molar refractivity (Wildman–Crippen MR) is 61.2 cm³/mol. The molecule has 0 heterocycles. The quantitative estimate of drug-likeness (QED) is 0.402. The number of guanidine groups is 1. The second kappa shape index (κ2) is 4.83. The molecule has 0 bridgehead atoms. The molecular formula is C11H18N4. The van der Waals surface area contributed by atoms with Gasteiger partial charge in [0.15, 0.2) is 5.96 Å². The van der Waals surface area contributed by atoms with Crippen LogP contribution in [-0.2, 0) is 0 Å². The smallest absolute Gasteiger partial charge is 0.188 e. The van der Waals surface area contributed by atoms with E-state index in [9.17, 15) is 0 Å². The van der Waals surface area contributed by atoms with Crippen molar-refractivity contribution in [2.24, 2.45) is 16.1 Å². The van der Waals surface area contributed by atoms with Crippen LogP contribution in [0.15, 0.2) is 17.1 Å². The van der Waals surface area contributed by atoms with Crippen molar-refractivity contribution in [2.75, 3.05) is 13.1 Å². The third-order valence-electron chi connectivity index (χ3n) is 2.57. The Hall–Kier alpha value is -1.50. The predicted octanol–water partition coefficient (Wildman–Crippen LogP) is 1.16. The van der Waals surface area contributed by atoms with Gasteiger partial charge < -0.3 is 11.1 Å². The van der Waals surface area contributed by atoms with Crippen molar-refractivity contribution in [3.05, 3.63) is 12.2 Å². The third-order valence-corrected chi connectivity index (χ3v) is 2.57. The molecule has 0 radical (unpaired) electrons. The first kappa shape index (κ1) is 11.6. The molecule has 4 heteroatoms. The molecule has 1 fully saturated rings. The van der Waals surface area contributed by atoms with Crippen LogP contribution < -0.4 is 11.1 Å². The second-order valence-corrected chi connectivity index (χ2v) is 4.35. The van der Waals surface area contributed by atoms with Gasteiger partial charge >= 0.3 is 0 Å². The number of hydrogen-bond donors (Lipinski definition) is 2. The van der Waals surface area contributed by atoms with E-state index in [-0.39, 0.29) is 5.41 Å². The Bertz CT molecular complexity index is 307. The molecule has 0 aromatic carbocycles. The normalized spacial score (nSPS) is 18.0. The van der Waals surface area contributed by atoms with Gasteiger partial charge in [-0.25, -0.2) is 0 Å². The second-order valence-electron chi connectivity index (χ2n) is 4.35. The Kier molecular flexibility index (Phi) is 3.73. The van der Waals surface area contributed by atoms with E-state index in [1.165, 1.54) is 0 Å². The van der Waals surface area contributed by atoms with Crippen molar-refractivity contribution in [1.29, 1.82) is 5.26 Å². The van der Waals surface area contributed by atoms with Crippen LogP contribution in [0.5, 0.6) is 0 Å². The number of nitrogens with one attached hydrogen (secondary N) is 1. The molecule has 1 rings (SSSR count). The number of nitrogens with zero attached hydrogens (tertiary/aromatic N) is 2. The minimum Gasteiger partial charge on any atom is -0.370 e. The van der Waals surface area contributed by atoms with Crippen LogP contribution in [0, 0.1) is 16.7 Å². The number of hydrogen-bond acceptors (Lipinski definition) is 2. The Labute approximate surface area is 90.9 Å². The van der Waals surface area contributed by atoms with Gasteiger partial charge in [0.25, 0.3) is 0 Å². The van der Waals surface area contributed by atoms with Gasteiger partial charge in [-0.1, -0.05) is 12.2 Å². The Morgan fingerprint density at radius 1 is 1.67 bits per heavy atom. The molecule has 15 heavy (non-hydrogen) atoms. The van der Waals surface area contributed by atoms with Crippen LogP contribution in [0.3, 0.4) is 0 Å². The van der Waals surface area contributed by atoms with Gasteiger partial charge in [-0.05, 0) is 19.8 Å². The van der Waals surface area contributed by atoms with Crippen LogP contribution in [0.2, 0.25) is 0 Å². The lowest BCUT2D eigenvalue weighted by Crippen LogP contribution is -2.33. The molecule has 0 aromatic rings. The first-order valence-electron chi connectivity index (χ1n) is 5.13. The Balaban J connectivity index is 2.31. The van der Waals surface area contributed by atoms with E-state index < -0.39 is 0 Å². The van der Waals surface area contributed by atoms with Crippen LogP contribution in [-0.4, -0.2) is 19.0 Å². The highest BCUT2D eigenvalue weighted by Gasteiger charge is 2.42. The summed E-state index contributed by atoms with van der Waals surface area (Å²) in [7, 11) is 0. The molecule has 1 aliphatic rings. The van der Waals surface area contributed by atoms with Crippen molar-refractivity contribution in [1.82, 2.24) is 5.32 Å². The fourth-order valence-corrected chi connectivity index (χ4v) is 1.29. The lowest BCUT2D eigenvalue weighted by Gasteiger charge is -2.09. The monoisotopic (exact) mass is 206 g/mol. The highest BCUT2D eigenvalue weighted by Crippen LogP contribution is 2.48. The van der Waals surface area contributed by atoms with E-state index in [1.54, 1.807) is 0 Å². The largest absolute Gasteiger partial charge is 0.370 e. The average molecular weight is 206 g/mol. The van der Waals surface area contributed by atoms with Gasteiger partial charge in [0.05, 0.1) is 6.07 Å². The number of aliphatic imine (C=N–C) groups is 1. The summed E-state index contributed by atoms with van der Waals surface area (Å²) < 4.78 is 0. The number of rotatable bonds is 5. The van der Waals surface area contributed by atoms with E-state index >= 15 is 0 Å². The summed E-state index contributed by atoms with van der Waals surface area (Å²) in [4.78, 5) is 4.24. The number of nitrogens with two attached hydrogens (primary N) is 1. The zero-order chi connectivity index (χ0) is 11.3. The summed E-state index contributed by atoms with van der Waals surface area (Å²) in [5.41, 5.74) is 6.82. The van der Waals surface area contributed by atoms with E-state index in [1.807, 2.05) is 6.92 Å². The van der Waals surface area contributed by atoms with Crippen LogP contribution >= 0.6 is 0 Å². The number of nitriles is 1. The lowest BCUT2D eigenvalue weighted by atomic mass is 10.0.